The van der Waals surface area contributed by atoms with Gasteiger partial charge in [0.15, 0.2) is 6.61 Å². The summed E-state index contributed by atoms with van der Waals surface area (Å²) in [5.41, 5.74) is 1.86. The van der Waals surface area contributed by atoms with E-state index in [1.165, 1.54) is 10.4 Å². The maximum Gasteiger partial charge on any atom is 0.262 e. The van der Waals surface area contributed by atoms with Gasteiger partial charge >= 0.3 is 0 Å². The number of aryl methyl sites for hydroxylation is 1. The molecule has 2 aliphatic heterocycles. The van der Waals surface area contributed by atoms with Gasteiger partial charge in [-0.1, -0.05) is 12.1 Å². The summed E-state index contributed by atoms with van der Waals surface area (Å²) in [6, 6.07) is 10.4. The molecule has 1 N–H and O–H groups in total. The minimum atomic E-state index is -3.77. The maximum absolute atomic E-state index is 13.3. The molecule has 2 amide bonds. The first kappa shape index (κ1) is 22.1. The Morgan fingerprint density at radius 3 is 2.47 bits per heavy atom. The van der Waals surface area contributed by atoms with Crippen LogP contribution in [0.3, 0.4) is 0 Å². The third kappa shape index (κ3) is 4.42. The predicted molar refractivity (Wildman–Crippen MR) is 117 cm³/mol. The van der Waals surface area contributed by atoms with Gasteiger partial charge in [0, 0.05) is 32.2 Å². The van der Waals surface area contributed by atoms with E-state index in [-0.39, 0.29) is 42.8 Å². The Morgan fingerprint density at radius 2 is 1.81 bits per heavy atom. The number of piperazine rings is 1. The summed E-state index contributed by atoms with van der Waals surface area (Å²) in [4.78, 5) is 26.0. The van der Waals surface area contributed by atoms with Gasteiger partial charge in [0.25, 0.3) is 5.91 Å². The second kappa shape index (κ2) is 8.79. The van der Waals surface area contributed by atoms with Crippen LogP contribution >= 0.6 is 0 Å². The number of carbonyl (C=O) groups excluding carboxylic acids is 2. The first-order chi connectivity index (χ1) is 15.3. The van der Waals surface area contributed by atoms with E-state index >= 15 is 0 Å². The Morgan fingerprint density at radius 1 is 1.12 bits per heavy atom. The largest absolute Gasteiger partial charge is 0.497 e. The molecule has 9 nitrogen and oxygen atoms in total. The molecule has 0 spiro atoms. The van der Waals surface area contributed by atoms with Gasteiger partial charge in [-0.25, -0.2) is 8.42 Å². The van der Waals surface area contributed by atoms with Crippen LogP contribution in [0.15, 0.2) is 41.3 Å². The van der Waals surface area contributed by atoms with Gasteiger partial charge in [0.1, 0.15) is 11.5 Å². The van der Waals surface area contributed by atoms with Crippen LogP contribution in [0.25, 0.3) is 0 Å². The number of nitrogens with one attached hydrogen (secondary N) is 1. The molecule has 2 heterocycles. The molecule has 0 aliphatic carbocycles. The second-order valence-corrected chi connectivity index (χ2v) is 9.67. The number of amides is 2. The van der Waals surface area contributed by atoms with Crippen LogP contribution in [0.2, 0.25) is 0 Å². The highest BCUT2D eigenvalue weighted by Gasteiger charge is 2.32. The Labute approximate surface area is 187 Å². The molecule has 32 heavy (non-hydrogen) atoms. The van der Waals surface area contributed by atoms with Crippen molar-refractivity contribution in [1.82, 2.24) is 9.21 Å². The molecule has 0 bridgehead atoms. The normalized spacial score (nSPS) is 16.7. The number of hydrogen-bond acceptors (Lipinski definition) is 6. The molecule has 10 heteroatoms. The molecule has 0 unspecified atom stereocenters. The molecule has 0 saturated carbocycles. The molecule has 170 valence electrons. The fourth-order valence-electron chi connectivity index (χ4n) is 3.84. The second-order valence-electron chi connectivity index (χ2n) is 7.76. The molecule has 1 saturated heterocycles. The number of sulfonamides is 1. The lowest BCUT2D eigenvalue weighted by Crippen LogP contribution is -2.51. The van der Waals surface area contributed by atoms with Crippen molar-refractivity contribution in [2.45, 2.75) is 18.2 Å². The lowest BCUT2D eigenvalue weighted by atomic mass is 10.1. The van der Waals surface area contributed by atoms with Crippen LogP contribution < -0.4 is 14.8 Å². The van der Waals surface area contributed by atoms with E-state index in [9.17, 15) is 18.0 Å². The van der Waals surface area contributed by atoms with E-state index in [0.29, 0.717) is 30.1 Å². The highest BCUT2D eigenvalue weighted by atomic mass is 32.2. The number of rotatable bonds is 5. The van der Waals surface area contributed by atoms with E-state index < -0.39 is 10.0 Å². The fraction of sp³-hybridized carbons (Fsp3) is 0.364. The van der Waals surface area contributed by atoms with Crippen molar-refractivity contribution >= 4 is 27.5 Å². The Balaban J connectivity index is 1.42. The highest BCUT2D eigenvalue weighted by Crippen LogP contribution is 2.34. The van der Waals surface area contributed by atoms with Gasteiger partial charge in [0.2, 0.25) is 15.9 Å². The number of carbonyl (C=O) groups is 2. The van der Waals surface area contributed by atoms with Crippen molar-refractivity contribution in [2.24, 2.45) is 0 Å². The zero-order valence-corrected chi connectivity index (χ0v) is 18.8. The third-order valence-electron chi connectivity index (χ3n) is 5.63. The van der Waals surface area contributed by atoms with Crippen LogP contribution in [-0.2, 0) is 26.0 Å². The SMILES string of the molecule is COc1ccc(CC(=O)N2CCN(S(=O)(=O)c3cc4c(cc3C)NC(=O)CO4)CC2)cc1. The molecular formula is C22H25N3O6S. The lowest BCUT2D eigenvalue weighted by molar-refractivity contribution is -0.131. The quantitative estimate of drug-likeness (QED) is 0.725. The number of hydrogen-bond donors (Lipinski definition) is 1. The summed E-state index contributed by atoms with van der Waals surface area (Å²) in [5.74, 6) is 0.747. The van der Waals surface area contributed by atoms with Crippen molar-refractivity contribution in [3.63, 3.8) is 0 Å². The lowest BCUT2D eigenvalue weighted by Gasteiger charge is -2.34. The monoisotopic (exact) mass is 459 g/mol. The Kier molecular flexibility index (Phi) is 6.07. The number of benzene rings is 2. The molecule has 2 aromatic rings. The summed E-state index contributed by atoms with van der Waals surface area (Å²) in [7, 11) is -2.18. The molecule has 0 radical (unpaired) electrons. The van der Waals surface area contributed by atoms with E-state index in [4.69, 9.17) is 9.47 Å². The summed E-state index contributed by atoms with van der Waals surface area (Å²) in [6.45, 7) is 2.61. The third-order valence-corrected chi connectivity index (χ3v) is 7.67. The number of nitrogens with zero attached hydrogens (tertiary/aromatic N) is 2. The zero-order chi connectivity index (χ0) is 22.9. The molecular weight excluding hydrogens is 434 g/mol. The van der Waals surface area contributed by atoms with Gasteiger partial charge in [-0.15, -0.1) is 0 Å². The van der Waals surface area contributed by atoms with E-state index in [0.717, 1.165) is 11.3 Å². The summed E-state index contributed by atoms with van der Waals surface area (Å²) in [5, 5.41) is 2.68. The van der Waals surface area contributed by atoms with Crippen molar-refractivity contribution in [3.8, 4) is 11.5 Å². The van der Waals surface area contributed by atoms with Gasteiger partial charge in [-0.2, -0.15) is 4.31 Å². The van der Waals surface area contributed by atoms with Gasteiger partial charge in [-0.05, 0) is 36.2 Å². The highest BCUT2D eigenvalue weighted by molar-refractivity contribution is 7.89. The van der Waals surface area contributed by atoms with Crippen molar-refractivity contribution < 1.29 is 27.5 Å². The predicted octanol–water partition coefficient (Wildman–Crippen LogP) is 1.41. The van der Waals surface area contributed by atoms with Crippen LogP contribution in [0, 0.1) is 6.92 Å². The number of anilines is 1. The first-order valence-electron chi connectivity index (χ1n) is 10.3. The minimum Gasteiger partial charge on any atom is -0.497 e. The van der Waals surface area contributed by atoms with Gasteiger partial charge in [-0.3, -0.25) is 9.59 Å². The average molecular weight is 460 g/mol. The van der Waals surface area contributed by atoms with E-state index in [1.807, 2.05) is 24.3 Å². The average Bonchev–Trinajstić information content (AvgIpc) is 2.79. The molecule has 2 aliphatic rings. The minimum absolute atomic E-state index is 0.0404. The van der Waals surface area contributed by atoms with Crippen molar-refractivity contribution in [2.75, 3.05) is 45.2 Å². The number of ether oxygens (including phenoxy) is 2. The molecule has 0 aromatic heterocycles. The number of fused-ring (bicyclic) bond motifs is 1. The summed E-state index contributed by atoms with van der Waals surface area (Å²) < 4.78 is 38.4. The van der Waals surface area contributed by atoms with Gasteiger partial charge in [0.05, 0.1) is 24.1 Å². The van der Waals surface area contributed by atoms with Crippen molar-refractivity contribution in [1.29, 1.82) is 0 Å². The number of methoxy groups -OCH3 is 1. The van der Waals surface area contributed by atoms with E-state index in [2.05, 4.69) is 5.32 Å². The molecule has 1 fully saturated rings. The zero-order valence-electron chi connectivity index (χ0n) is 18.0. The van der Waals surface area contributed by atoms with Crippen LogP contribution in [0.1, 0.15) is 11.1 Å². The van der Waals surface area contributed by atoms with E-state index in [1.54, 1.807) is 25.0 Å². The molecule has 2 aromatic carbocycles. The maximum atomic E-state index is 13.3. The van der Waals surface area contributed by atoms with Crippen molar-refractivity contribution in [3.05, 3.63) is 47.5 Å². The van der Waals surface area contributed by atoms with Crippen LogP contribution in [-0.4, -0.2) is 69.3 Å². The van der Waals surface area contributed by atoms with Crippen LogP contribution in [0.4, 0.5) is 5.69 Å². The summed E-state index contributed by atoms with van der Waals surface area (Å²) >= 11 is 0. The standard InChI is InChI=1S/C22H25N3O6S/c1-15-11-18-19(31-14-21(26)23-18)13-20(15)32(28,29)25-9-7-24(8-10-25)22(27)12-16-3-5-17(30-2)6-4-16/h3-6,11,13H,7-10,12,14H2,1-2H3,(H,23,26). The topological polar surface area (TPSA) is 105 Å². The van der Waals surface area contributed by atoms with Gasteiger partial charge < -0.3 is 19.7 Å². The molecule has 4 rings (SSSR count). The smallest absolute Gasteiger partial charge is 0.262 e. The van der Waals surface area contributed by atoms with Crippen LogP contribution in [0.5, 0.6) is 11.5 Å². The summed E-state index contributed by atoms with van der Waals surface area (Å²) in [6.07, 6.45) is 0.254. The Hall–Kier alpha value is -3.11. The Bertz CT molecular complexity index is 1140. The fourth-order valence-corrected chi connectivity index (χ4v) is 5.48. The molecule has 0 atom stereocenters. The first-order valence-corrected chi connectivity index (χ1v) is 11.7.